The number of alkyl halides is 3. The number of benzene rings is 1. The fourth-order valence-corrected chi connectivity index (χ4v) is 2.16. The zero-order valence-corrected chi connectivity index (χ0v) is 11.9. The Morgan fingerprint density at radius 3 is 2.30 bits per heavy atom. The summed E-state index contributed by atoms with van der Waals surface area (Å²) >= 11 is 0. The Balaban J connectivity index is 2.43. The van der Waals surface area contributed by atoms with Gasteiger partial charge in [0.25, 0.3) is 0 Å². The van der Waals surface area contributed by atoms with Crippen LogP contribution in [0.3, 0.4) is 0 Å². The number of aryl methyl sites for hydroxylation is 1. The Bertz CT molecular complexity index is 395. The fourth-order valence-electron chi connectivity index (χ4n) is 2.16. The standard InChI is InChI=1S/C16H22F3N/c1-3-11-20(12-4-2)13-5-6-14-7-9-15(10-8-14)16(17,18)19/h3,7-10H,1,4-6,11-13H2,2H3. The van der Waals surface area contributed by atoms with Gasteiger partial charge in [-0.1, -0.05) is 25.1 Å². The molecule has 0 bridgehead atoms. The predicted molar refractivity (Wildman–Crippen MR) is 76.7 cm³/mol. The third-order valence-corrected chi connectivity index (χ3v) is 3.15. The molecule has 0 saturated heterocycles. The number of nitrogens with zero attached hydrogens (tertiary/aromatic N) is 1. The monoisotopic (exact) mass is 285 g/mol. The minimum Gasteiger partial charge on any atom is -0.300 e. The van der Waals surface area contributed by atoms with Gasteiger partial charge in [0.1, 0.15) is 0 Å². The molecule has 0 spiro atoms. The molecule has 0 fully saturated rings. The summed E-state index contributed by atoms with van der Waals surface area (Å²) in [6, 6.07) is 5.45. The molecule has 0 aliphatic rings. The first-order valence-corrected chi connectivity index (χ1v) is 6.96. The minimum atomic E-state index is -4.25. The van der Waals surface area contributed by atoms with Crippen LogP contribution < -0.4 is 0 Å². The second-order valence-electron chi connectivity index (χ2n) is 4.89. The summed E-state index contributed by atoms with van der Waals surface area (Å²) in [6.45, 7) is 8.70. The van der Waals surface area contributed by atoms with E-state index >= 15 is 0 Å². The summed E-state index contributed by atoms with van der Waals surface area (Å²) in [4.78, 5) is 2.30. The average Bonchev–Trinajstić information content (AvgIpc) is 2.39. The Morgan fingerprint density at radius 1 is 1.15 bits per heavy atom. The molecule has 20 heavy (non-hydrogen) atoms. The van der Waals surface area contributed by atoms with E-state index in [1.165, 1.54) is 0 Å². The zero-order chi connectivity index (χ0) is 15.0. The van der Waals surface area contributed by atoms with Crippen LogP contribution in [0.5, 0.6) is 0 Å². The van der Waals surface area contributed by atoms with Crippen molar-refractivity contribution in [3.05, 3.63) is 48.0 Å². The lowest BCUT2D eigenvalue weighted by atomic mass is 10.1. The maximum atomic E-state index is 12.4. The van der Waals surface area contributed by atoms with Gasteiger partial charge in [-0.3, -0.25) is 4.90 Å². The highest BCUT2D eigenvalue weighted by Crippen LogP contribution is 2.29. The molecule has 0 aliphatic carbocycles. The van der Waals surface area contributed by atoms with Crippen molar-refractivity contribution in [2.45, 2.75) is 32.4 Å². The molecule has 0 amide bonds. The highest BCUT2D eigenvalue weighted by molar-refractivity contribution is 5.24. The van der Waals surface area contributed by atoms with Gasteiger partial charge in [0, 0.05) is 6.54 Å². The van der Waals surface area contributed by atoms with Gasteiger partial charge >= 0.3 is 6.18 Å². The van der Waals surface area contributed by atoms with Gasteiger partial charge in [0.15, 0.2) is 0 Å². The first-order valence-electron chi connectivity index (χ1n) is 6.96. The van der Waals surface area contributed by atoms with Crippen molar-refractivity contribution in [2.75, 3.05) is 19.6 Å². The fraction of sp³-hybridized carbons (Fsp3) is 0.500. The van der Waals surface area contributed by atoms with E-state index in [-0.39, 0.29) is 0 Å². The molecule has 0 N–H and O–H groups in total. The van der Waals surface area contributed by atoms with Crippen molar-refractivity contribution in [3.63, 3.8) is 0 Å². The maximum Gasteiger partial charge on any atom is 0.416 e. The van der Waals surface area contributed by atoms with Gasteiger partial charge in [0.05, 0.1) is 5.56 Å². The molecular weight excluding hydrogens is 263 g/mol. The van der Waals surface area contributed by atoms with Crippen LogP contribution in [0, 0.1) is 0 Å². The summed E-state index contributed by atoms with van der Waals surface area (Å²) < 4.78 is 37.3. The molecule has 0 atom stereocenters. The molecule has 0 aliphatic heterocycles. The van der Waals surface area contributed by atoms with E-state index in [4.69, 9.17) is 0 Å². The molecule has 4 heteroatoms. The van der Waals surface area contributed by atoms with Crippen molar-refractivity contribution in [1.82, 2.24) is 4.90 Å². The highest BCUT2D eigenvalue weighted by Gasteiger charge is 2.29. The third kappa shape index (κ3) is 5.78. The van der Waals surface area contributed by atoms with Crippen LogP contribution in [0.2, 0.25) is 0 Å². The van der Waals surface area contributed by atoms with Crippen molar-refractivity contribution in [3.8, 4) is 0 Å². The molecule has 112 valence electrons. The summed E-state index contributed by atoms with van der Waals surface area (Å²) in [5.74, 6) is 0. The van der Waals surface area contributed by atoms with E-state index in [0.29, 0.717) is 0 Å². The minimum absolute atomic E-state index is 0.583. The molecule has 0 heterocycles. The van der Waals surface area contributed by atoms with E-state index in [1.807, 2.05) is 6.08 Å². The van der Waals surface area contributed by atoms with E-state index in [0.717, 1.165) is 56.6 Å². The second-order valence-corrected chi connectivity index (χ2v) is 4.89. The van der Waals surface area contributed by atoms with E-state index < -0.39 is 11.7 Å². The Kier molecular flexibility index (Phi) is 6.79. The lowest BCUT2D eigenvalue weighted by Crippen LogP contribution is -2.26. The van der Waals surface area contributed by atoms with Crippen LogP contribution in [0.15, 0.2) is 36.9 Å². The zero-order valence-electron chi connectivity index (χ0n) is 11.9. The second kappa shape index (κ2) is 8.10. The SMILES string of the molecule is C=CCN(CCC)CCCc1ccc(C(F)(F)F)cc1. The topological polar surface area (TPSA) is 3.24 Å². The molecule has 0 radical (unpaired) electrons. The van der Waals surface area contributed by atoms with E-state index in [1.54, 1.807) is 12.1 Å². The van der Waals surface area contributed by atoms with Crippen molar-refractivity contribution in [2.24, 2.45) is 0 Å². The molecule has 0 saturated carbocycles. The Labute approximate surface area is 119 Å². The van der Waals surface area contributed by atoms with E-state index in [2.05, 4.69) is 18.4 Å². The number of halogens is 3. The smallest absolute Gasteiger partial charge is 0.300 e. The Hall–Kier alpha value is -1.29. The van der Waals surface area contributed by atoms with Crippen LogP contribution >= 0.6 is 0 Å². The largest absolute Gasteiger partial charge is 0.416 e. The van der Waals surface area contributed by atoms with Crippen LogP contribution in [-0.4, -0.2) is 24.5 Å². The lowest BCUT2D eigenvalue weighted by Gasteiger charge is -2.19. The molecule has 1 rings (SSSR count). The van der Waals surface area contributed by atoms with Gasteiger partial charge in [-0.25, -0.2) is 0 Å². The van der Waals surface area contributed by atoms with Crippen LogP contribution in [0.4, 0.5) is 13.2 Å². The Morgan fingerprint density at radius 2 is 1.80 bits per heavy atom. The summed E-state index contributed by atoms with van der Waals surface area (Å²) in [5, 5.41) is 0. The maximum absolute atomic E-state index is 12.4. The quantitative estimate of drug-likeness (QED) is 0.634. The first kappa shape index (κ1) is 16.8. The normalized spacial score (nSPS) is 11.8. The molecule has 1 aromatic carbocycles. The summed E-state index contributed by atoms with van der Waals surface area (Å²) in [7, 11) is 0. The lowest BCUT2D eigenvalue weighted by molar-refractivity contribution is -0.137. The van der Waals surface area contributed by atoms with Crippen LogP contribution in [-0.2, 0) is 12.6 Å². The molecule has 1 nitrogen and oxygen atoms in total. The van der Waals surface area contributed by atoms with Crippen molar-refractivity contribution < 1.29 is 13.2 Å². The third-order valence-electron chi connectivity index (χ3n) is 3.15. The van der Waals surface area contributed by atoms with Crippen LogP contribution in [0.25, 0.3) is 0 Å². The van der Waals surface area contributed by atoms with Crippen molar-refractivity contribution >= 4 is 0 Å². The van der Waals surface area contributed by atoms with Crippen molar-refractivity contribution in [1.29, 1.82) is 0 Å². The van der Waals surface area contributed by atoms with E-state index in [9.17, 15) is 13.2 Å². The van der Waals surface area contributed by atoms with Crippen LogP contribution in [0.1, 0.15) is 30.9 Å². The molecular formula is C16H22F3N. The molecule has 0 unspecified atom stereocenters. The number of hydrogen-bond donors (Lipinski definition) is 0. The predicted octanol–water partition coefficient (Wildman–Crippen LogP) is 4.54. The molecule has 0 aromatic heterocycles. The first-order chi connectivity index (χ1) is 9.47. The number of rotatable bonds is 8. The van der Waals surface area contributed by atoms with Gasteiger partial charge in [-0.15, -0.1) is 6.58 Å². The summed E-state index contributed by atoms with van der Waals surface area (Å²) in [5.41, 5.74) is 0.369. The summed E-state index contributed by atoms with van der Waals surface area (Å²) in [6.07, 6.45) is 0.469. The van der Waals surface area contributed by atoms with Gasteiger partial charge in [-0.05, 0) is 50.0 Å². The number of hydrogen-bond acceptors (Lipinski definition) is 1. The average molecular weight is 285 g/mol. The van der Waals surface area contributed by atoms with Gasteiger partial charge < -0.3 is 0 Å². The van der Waals surface area contributed by atoms with Gasteiger partial charge in [-0.2, -0.15) is 13.2 Å². The highest BCUT2D eigenvalue weighted by atomic mass is 19.4. The van der Waals surface area contributed by atoms with Gasteiger partial charge in [0.2, 0.25) is 0 Å². The molecule has 1 aromatic rings.